The molecule has 0 heterocycles. The molecular formula is C75H132O6. The van der Waals surface area contributed by atoms with Gasteiger partial charge in [-0.2, -0.15) is 0 Å². The zero-order valence-corrected chi connectivity index (χ0v) is 53.8. The number of hydrogen-bond donors (Lipinski definition) is 0. The van der Waals surface area contributed by atoms with Gasteiger partial charge in [0.15, 0.2) is 6.10 Å². The molecule has 6 heteroatoms. The van der Waals surface area contributed by atoms with Crippen molar-refractivity contribution < 1.29 is 28.6 Å². The second-order valence-electron chi connectivity index (χ2n) is 23.4. The molecule has 0 aromatic heterocycles. The van der Waals surface area contributed by atoms with E-state index < -0.39 is 6.10 Å². The normalized spacial score (nSPS) is 12.6. The Morgan fingerprint density at radius 1 is 0.259 bits per heavy atom. The number of carbonyl (C=O) groups is 3. The molecule has 0 bridgehead atoms. The second-order valence-corrected chi connectivity index (χ2v) is 23.4. The maximum absolute atomic E-state index is 13.0. The second kappa shape index (κ2) is 69.1. The summed E-state index contributed by atoms with van der Waals surface area (Å²) >= 11 is 0. The summed E-state index contributed by atoms with van der Waals surface area (Å²) in [5.41, 5.74) is 0. The molecule has 0 saturated carbocycles. The number of unbranched alkanes of at least 4 members (excludes halogenated alkanes) is 39. The SMILES string of the molecule is CC/C=C\C/C=C\C/C=C\C/C=C\CCCCCCCCC(=O)OCC(COC(=O)CCCCCCCCCCCCC/C=C\CCCCCCCCCC)OC(=O)CCCCCCCCCCC/C=C\C/C=C\CCCCCCC. The summed E-state index contributed by atoms with van der Waals surface area (Å²) in [4.78, 5) is 38.5. The summed E-state index contributed by atoms with van der Waals surface area (Å²) in [6.45, 7) is 6.55. The van der Waals surface area contributed by atoms with Gasteiger partial charge < -0.3 is 14.2 Å². The minimum atomic E-state index is -0.788. The van der Waals surface area contributed by atoms with Crippen LogP contribution in [0.5, 0.6) is 0 Å². The minimum Gasteiger partial charge on any atom is -0.462 e. The average molecular weight is 1130 g/mol. The zero-order valence-electron chi connectivity index (χ0n) is 53.8. The van der Waals surface area contributed by atoms with E-state index in [1.54, 1.807) is 0 Å². The lowest BCUT2D eigenvalue weighted by molar-refractivity contribution is -0.167. The van der Waals surface area contributed by atoms with Crippen molar-refractivity contribution in [1.82, 2.24) is 0 Å². The van der Waals surface area contributed by atoms with Crippen LogP contribution in [0.15, 0.2) is 85.1 Å². The average Bonchev–Trinajstić information content (AvgIpc) is 3.47. The molecule has 0 aromatic carbocycles. The largest absolute Gasteiger partial charge is 0.462 e. The summed E-state index contributed by atoms with van der Waals surface area (Å²) in [5, 5.41) is 0. The lowest BCUT2D eigenvalue weighted by Gasteiger charge is -2.18. The Labute approximate surface area is 503 Å². The van der Waals surface area contributed by atoms with Gasteiger partial charge in [-0.3, -0.25) is 14.4 Å². The van der Waals surface area contributed by atoms with E-state index in [1.807, 2.05) is 0 Å². The molecule has 1 atom stereocenters. The van der Waals surface area contributed by atoms with Crippen molar-refractivity contribution in [2.45, 2.75) is 361 Å². The van der Waals surface area contributed by atoms with Crippen LogP contribution >= 0.6 is 0 Å². The van der Waals surface area contributed by atoms with Crippen molar-refractivity contribution in [1.29, 1.82) is 0 Å². The minimum absolute atomic E-state index is 0.0816. The van der Waals surface area contributed by atoms with Crippen LogP contribution in [0.4, 0.5) is 0 Å². The Hall–Kier alpha value is -3.41. The van der Waals surface area contributed by atoms with Crippen LogP contribution in [-0.4, -0.2) is 37.2 Å². The summed E-state index contributed by atoms with van der Waals surface area (Å²) < 4.78 is 17.0. The van der Waals surface area contributed by atoms with Gasteiger partial charge in [0, 0.05) is 19.3 Å². The molecule has 0 N–H and O–H groups in total. The van der Waals surface area contributed by atoms with Crippen molar-refractivity contribution in [3.05, 3.63) is 85.1 Å². The number of ether oxygens (including phenoxy) is 3. The first-order valence-electron chi connectivity index (χ1n) is 35.1. The molecule has 0 saturated heterocycles. The quantitative estimate of drug-likeness (QED) is 0.0261. The molecule has 0 aromatic rings. The Kier molecular flexibility index (Phi) is 66.2. The third-order valence-corrected chi connectivity index (χ3v) is 15.4. The Bertz CT molecular complexity index is 1530. The highest BCUT2D eigenvalue weighted by atomic mass is 16.6. The van der Waals surface area contributed by atoms with E-state index in [4.69, 9.17) is 14.2 Å². The van der Waals surface area contributed by atoms with E-state index in [1.165, 1.54) is 218 Å². The highest BCUT2D eigenvalue weighted by Gasteiger charge is 2.19. The van der Waals surface area contributed by atoms with Gasteiger partial charge in [0.2, 0.25) is 0 Å². The molecule has 0 spiro atoms. The number of hydrogen-bond acceptors (Lipinski definition) is 6. The predicted octanol–water partition coefficient (Wildman–Crippen LogP) is 24.2. The molecule has 0 radical (unpaired) electrons. The topological polar surface area (TPSA) is 78.9 Å². The number of carbonyl (C=O) groups excluding carboxylic acids is 3. The van der Waals surface area contributed by atoms with E-state index in [0.717, 1.165) is 96.3 Å². The van der Waals surface area contributed by atoms with Gasteiger partial charge in [-0.25, -0.2) is 0 Å². The van der Waals surface area contributed by atoms with Crippen LogP contribution in [0, 0.1) is 0 Å². The molecule has 0 aliphatic heterocycles. The molecule has 0 amide bonds. The fraction of sp³-hybridized carbons (Fsp3) is 0.773. The number of allylic oxidation sites excluding steroid dienone is 14. The monoisotopic (exact) mass is 1130 g/mol. The maximum Gasteiger partial charge on any atom is 0.306 e. The third-order valence-electron chi connectivity index (χ3n) is 15.4. The van der Waals surface area contributed by atoms with Gasteiger partial charge in [-0.15, -0.1) is 0 Å². The van der Waals surface area contributed by atoms with Crippen LogP contribution < -0.4 is 0 Å². The summed E-state index contributed by atoms with van der Waals surface area (Å²) in [6.07, 6.45) is 91.7. The standard InChI is InChI=1S/C75H132O6/c1-4-7-10-13-16-19-22-25-28-31-34-36-37-39-41-44-47-50-53-56-59-62-65-68-74(77)80-71-72(70-79-73(76)67-64-61-58-55-52-49-46-43-40-33-30-27-24-21-18-15-12-9-6-3)81-75(78)69-66-63-60-57-54-51-48-45-42-38-35-32-29-26-23-20-17-14-11-8-5-2/h9,12,18,21,23,26-27,30-32,34-35,40,43,72H,4-8,10-11,13-17,19-20,22,24-25,28-29,33,36-39,41-42,44-71H2,1-3H3/b12-9-,21-18-,26-23-,30-27-,34-31-,35-32-,43-40-. The van der Waals surface area contributed by atoms with E-state index in [2.05, 4.69) is 106 Å². The summed E-state index contributed by atoms with van der Waals surface area (Å²) in [7, 11) is 0. The first-order valence-corrected chi connectivity index (χ1v) is 35.1. The highest BCUT2D eigenvalue weighted by Crippen LogP contribution is 2.17. The van der Waals surface area contributed by atoms with E-state index in [9.17, 15) is 14.4 Å². The molecule has 6 nitrogen and oxygen atoms in total. The fourth-order valence-electron chi connectivity index (χ4n) is 10.1. The summed E-state index contributed by atoms with van der Waals surface area (Å²) in [5.74, 6) is -0.883. The van der Waals surface area contributed by atoms with Crippen molar-refractivity contribution >= 4 is 17.9 Å². The molecule has 0 aliphatic carbocycles. The molecule has 468 valence electrons. The Balaban J connectivity index is 4.38. The van der Waals surface area contributed by atoms with Crippen LogP contribution in [0.25, 0.3) is 0 Å². The first kappa shape index (κ1) is 77.6. The lowest BCUT2D eigenvalue weighted by Crippen LogP contribution is -2.30. The molecule has 0 fully saturated rings. The lowest BCUT2D eigenvalue weighted by atomic mass is 10.0. The van der Waals surface area contributed by atoms with Crippen LogP contribution in [0.1, 0.15) is 355 Å². The Morgan fingerprint density at radius 3 is 0.765 bits per heavy atom. The van der Waals surface area contributed by atoms with Crippen molar-refractivity contribution in [2.24, 2.45) is 0 Å². The van der Waals surface area contributed by atoms with E-state index in [0.29, 0.717) is 19.3 Å². The van der Waals surface area contributed by atoms with Gasteiger partial charge in [-0.1, -0.05) is 305 Å². The Morgan fingerprint density at radius 2 is 0.481 bits per heavy atom. The van der Waals surface area contributed by atoms with Crippen LogP contribution in [0.3, 0.4) is 0 Å². The molecule has 81 heavy (non-hydrogen) atoms. The maximum atomic E-state index is 13.0. The highest BCUT2D eigenvalue weighted by molar-refractivity contribution is 5.71. The van der Waals surface area contributed by atoms with E-state index in [-0.39, 0.29) is 31.1 Å². The zero-order chi connectivity index (χ0) is 58.5. The molecular weight excluding hydrogens is 997 g/mol. The van der Waals surface area contributed by atoms with Gasteiger partial charge in [-0.05, 0) is 116 Å². The molecule has 1 unspecified atom stereocenters. The van der Waals surface area contributed by atoms with Crippen molar-refractivity contribution in [2.75, 3.05) is 13.2 Å². The van der Waals surface area contributed by atoms with Gasteiger partial charge in [0.05, 0.1) is 0 Å². The van der Waals surface area contributed by atoms with Crippen molar-refractivity contribution in [3.8, 4) is 0 Å². The van der Waals surface area contributed by atoms with Gasteiger partial charge >= 0.3 is 17.9 Å². The first-order chi connectivity index (χ1) is 40.0. The van der Waals surface area contributed by atoms with Crippen LogP contribution in [0.2, 0.25) is 0 Å². The third kappa shape index (κ3) is 67.3. The van der Waals surface area contributed by atoms with Gasteiger partial charge in [0.25, 0.3) is 0 Å². The van der Waals surface area contributed by atoms with Gasteiger partial charge in [0.1, 0.15) is 13.2 Å². The number of rotatable bonds is 64. The number of esters is 3. The van der Waals surface area contributed by atoms with E-state index >= 15 is 0 Å². The fourth-order valence-corrected chi connectivity index (χ4v) is 10.1. The molecule has 0 aliphatic rings. The molecule has 0 rings (SSSR count). The predicted molar refractivity (Wildman–Crippen MR) is 353 cm³/mol. The smallest absolute Gasteiger partial charge is 0.306 e. The van der Waals surface area contributed by atoms with Crippen molar-refractivity contribution in [3.63, 3.8) is 0 Å². The van der Waals surface area contributed by atoms with Crippen LogP contribution in [-0.2, 0) is 28.6 Å². The summed E-state index contributed by atoms with van der Waals surface area (Å²) in [6, 6.07) is 0.